The Labute approximate surface area is 130 Å². The Hall–Kier alpha value is -1.92. The van der Waals surface area contributed by atoms with Crippen LogP contribution in [0.1, 0.15) is 20.3 Å². The molecule has 0 fully saturated rings. The molecule has 21 heavy (non-hydrogen) atoms. The second-order valence-corrected chi connectivity index (χ2v) is 5.12. The van der Waals surface area contributed by atoms with Crippen LogP contribution in [0.3, 0.4) is 0 Å². The number of amides is 1. The number of carbonyl (C=O) groups is 1. The van der Waals surface area contributed by atoms with E-state index in [1.807, 2.05) is 38.1 Å². The highest BCUT2D eigenvalue weighted by Crippen LogP contribution is 2.13. The number of carbonyl (C=O) groups excluding carboxylic acids is 1. The lowest BCUT2D eigenvalue weighted by Gasteiger charge is -2.14. The lowest BCUT2D eigenvalue weighted by atomic mass is 10.0. The monoisotopic (exact) mass is 309 g/mol. The minimum Gasteiger partial charge on any atom is -0.325 e. The standard InChI is InChI=1S/C14H19N5O.ClH/c1-10(2)9-13(15)14(20)17-11-3-5-12(6-4-11)19-8-7-16-18-19;/h3-8,10,13H,9,15H2,1-2H3,(H,17,20);1H/t13-;/m0./s1. The molecule has 1 atom stereocenters. The zero-order valence-electron chi connectivity index (χ0n) is 12.1. The Bertz CT molecular complexity index is 553. The Kier molecular flexibility index (Phi) is 6.33. The van der Waals surface area contributed by atoms with E-state index in [0.29, 0.717) is 12.3 Å². The lowest BCUT2D eigenvalue weighted by molar-refractivity contribution is -0.117. The van der Waals surface area contributed by atoms with E-state index in [-0.39, 0.29) is 18.3 Å². The molecule has 0 aliphatic heterocycles. The molecule has 0 unspecified atom stereocenters. The second kappa shape index (κ2) is 7.75. The van der Waals surface area contributed by atoms with E-state index in [1.54, 1.807) is 17.1 Å². The molecule has 1 amide bonds. The van der Waals surface area contributed by atoms with Crippen molar-refractivity contribution in [3.05, 3.63) is 36.7 Å². The van der Waals surface area contributed by atoms with Crippen molar-refractivity contribution < 1.29 is 4.79 Å². The van der Waals surface area contributed by atoms with Crippen LogP contribution in [0, 0.1) is 5.92 Å². The number of benzene rings is 1. The quantitative estimate of drug-likeness (QED) is 0.884. The van der Waals surface area contributed by atoms with E-state index >= 15 is 0 Å². The van der Waals surface area contributed by atoms with Gasteiger partial charge in [-0.1, -0.05) is 19.1 Å². The number of rotatable bonds is 5. The normalized spacial score (nSPS) is 11.8. The average Bonchev–Trinajstić information content (AvgIpc) is 2.92. The Morgan fingerprint density at radius 2 is 2.00 bits per heavy atom. The van der Waals surface area contributed by atoms with Gasteiger partial charge in [0, 0.05) is 5.69 Å². The fraction of sp³-hybridized carbons (Fsp3) is 0.357. The van der Waals surface area contributed by atoms with Gasteiger partial charge in [0.05, 0.1) is 24.1 Å². The highest BCUT2D eigenvalue weighted by atomic mass is 35.5. The molecule has 1 aromatic carbocycles. The van der Waals surface area contributed by atoms with Crippen molar-refractivity contribution in [1.29, 1.82) is 0 Å². The van der Waals surface area contributed by atoms with Gasteiger partial charge in [-0.3, -0.25) is 4.79 Å². The fourth-order valence-corrected chi connectivity index (χ4v) is 1.89. The van der Waals surface area contributed by atoms with Gasteiger partial charge >= 0.3 is 0 Å². The van der Waals surface area contributed by atoms with Gasteiger partial charge < -0.3 is 11.1 Å². The third kappa shape index (κ3) is 4.84. The van der Waals surface area contributed by atoms with Gasteiger partial charge in [-0.15, -0.1) is 17.5 Å². The van der Waals surface area contributed by atoms with E-state index in [2.05, 4.69) is 15.6 Å². The third-order valence-electron chi connectivity index (χ3n) is 2.88. The number of halogens is 1. The van der Waals surface area contributed by atoms with Gasteiger partial charge in [0.2, 0.25) is 5.91 Å². The first-order chi connectivity index (χ1) is 9.56. The molecule has 0 spiro atoms. The fourth-order valence-electron chi connectivity index (χ4n) is 1.89. The first kappa shape index (κ1) is 17.1. The molecule has 0 aliphatic rings. The minimum atomic E-state index is -0.481. The molecule has 1 aromatic heterocycles. The van der Waals surface area contributed by atoms with Crippen LogP contribution in [0.2, 0.25) is 0 Å². The molecule has 0 bridgehead atoms. The van der Waals surface area contributed by atoms with Crippen LogP contribution in [-0.2, 0) is 4.79 Å². The van der Waals surface area contributed by atoms with E-state index in [9.17, 15) is 4.79 Å². The lowest BCUT2D eigenvalue weighted by Crippen LogP contribution is -2.36. The van der Waals surface area contributed by atoms with Crippen molar-refractivity contribution in [3.63, 3.8) is 0 Å². The summed E-state index contributed by atoms with van der Waals surface area (Å²) in [4.78, 5) is 11.9. The van der Waals surface area contributed by atoms with Gasteiger partial charge in [-0.2, -0.15) is 0 Å². The third-order valence-corrected chi connectivity index (χ3v) is 2.88. The predicted octanol–water partition coefficient (Wildman–Crippen LogP) is 2.00. The average molecular weight is 310 g/mol. The predicted molar refractivity (Wildman–Crippen MR) is 84.7 cm³/mol. The van der Waals surface area contributed by atoms with Crippen LogP contribution in [0.15, 0.2) is 36.7 Å². The molecule has 2 rings (SSSR count). The number of nitrogens with one attached hydrogen (secondary N) is 1. The van der Waals surface area contributed by atoms with Gasteiger partial charge in [-0.05, 0) is 36.6 Å². The summed E-state index contributed by atoms with van der Waals surface area (Å²) in [6.45, 7) is 4.08. The van der Waals surface area contributed by atoms with E-state index in [1.165, 1.54) is 0 Å². The summed E-state index contributed by atoms with van der Waals surface area (Å²) in [5, 5.41) is 10.5. The summed E-state index contributed by atoms with van der Waals surface area (Å²) in [5.74, 6) is 0.234. The van der Waals surface area contributed by atoms with Crippen LogP contribution < -0.4 is 11.1 Å². The highest BCUT2D eigenvalue weighted by Gasteiger charge is 2.14. The van der Waals surface area contributed by atoms with Crippen LogP contribution >= 0.6 is 12.4 Å². The highest BCUT2D eigenvalue weighted by molar-refractivity contribution is 5.94. The molecule has 3 N–H and O–H groups in total. The van der Waals surface area contributed by atoms with Crippen molar-refractivity contribution in [2.24, 2.45) is 11.7 Å². The number of nitrogens with two attached hydrogens (primary N) is 1. The zero-order chi connectivity index (χ0) is 14.5. The maximum absolute atomic E-state index is 11.9. The molecule has 114 valence electrons. The maximum atomic E-state index is 11.9. The van der Waals surface area contributed by atoms with E-state index < -0.39 is 6.04 Å². The van der Waals surface area contributed by atoms with E-state index in [4.69, 9.17) is 5.73 Å². The van der Waals surface area contributed by atoms with Crippen molar-refractivity contribution in [2.75, 3.05) is 5.32 Å². The summed E-state index contributed by atoms with van der Waals surface area (Å²) >= 11 is 0. The number of hydrogen-bond donors (Lipinski definition) is 2. The topological polar surface area (TPSA) is 85.8 Å². The summed E-state index contributed by atoms with van der Waals surface area (Å²) in [5.41, 5.74) is 7.44. The molecule has 0 saturated carbocycles. The summed E-state index contributed by atoms with van der Waals surface area (Å²) in [7, 11) is 0. The van der Waals surface area contributed by atoms with Gasteiger partial charge in [-0.25, -0.2) is 4.68 Å². The molecule has 0 saturated heterocycles. The number of aromatic nitrogens is 3. The smallest absolute Gasteiger partial charge is 0.241 e. The zero-order valence-corrected chi connectivity index (χ0v) is 12.9. The molecular weight excluding hydrogens is 290 g/mol. The van der Waals surface area contributed by atoms with Crippen LogP contribution in [0.25, 0.3) is 5.69 Å². The van der Waals surface area contributed by atoms with Gasteiger partial charge in [0.25, 0.3) is 0 Å². The van der Waals surface area contributed by atoms with Crippen molar-refractivity contribution in [1.82, 2.24) is 15.0 Å². The molecule has 0 aliphatic carbocycles. The molecule has 2 aromatic rings. The molecule has 7 heteroatoms. The first-order valence-corrected chi connectivity index (χ1v) is 6.59. The van der Waals surface area contributed by atoms with Gasteiger partial charge in [0.15, 0.2) is 0 Å². The van der Waals surface area contributed by atoms with Crippen LogP contribution in [0.4, 0.5) is 5.69 Å². The second-order valence-electron chi connectivity index (χ2n) is 5.12. The van der Waals surface area contributed by atoms with E-state index in [0.717, 1.165) is 11.4 Å². The largest absolute Gasteiger partial charge is 0.325 e. The van der Waals surface area contributed by atoms with Gasteiger partial charge in [0.1, 0.15) is 0 Å². The first-order valence-electron chi connectivity index (χ1n) is 6.59. The van der Waals surface area contributed by atoms with Crippen molar-refractivity contribution in [3.8, 4) is 5.69 Å². The Morgan fingerprint density at radius 3 is 2.52 bits per heavy atom. The SMILES string of the molecule is CC(C)C[C@H](N)C(=O)Nc1ccc(-n2ccnn2)cc1.Cl. The van der Waals surface area contributed by atoms with Crippen LogP contribution in [-0.4, -0.2) is 26.9 Å². The summed E-state index contributed by atoms with van der Waals surface area (Å²) < 4.78 is 1.65. The Morgan fingerprint density at radius 1 is 1.33 bits per heavy atom. The molecular formula is C14H20ClN5O. The molecule has 6 nitrogen and oxygen atoms in total. The van der Waals surface area contributed by atoms with Crippen LogP contribution in [0.5, 0.6) is 0 Å². The number of hydrogen-bond acceptors (Lipinski definition) is 4. The minimum absolute atomic E-state index is 0. The summed E-state index contributed by atoms with van der Waals surface area (Å²) in [6.07, 6.45) is 4.04. The number of nitrogens with zero attached hydrogens (tertiary/aromatic N) is 3. The number of anilines is 1. The Balaban J connectivity index is 0.00000220. The van der Waals surface area contributed by atoms with Crippen molar-refractivity contribution >= 4 is 24.0 Å². The molecule has 0 radical (unpaired) electrons. The molecule has 1 heterocycles. The summed E-state index contributed by atoms with van der Waals surface area (Å²) in [6, 6.07) is 6.87. The maximum Gasteiger partial charge on any atom is 0.241 e. The van der Waals surface area contributed by atoms with Crippen molar-refractivity contribution in [2.45, 2.75) is 26.3 Å².